The van der Waals surface area contributed by atoms with Crippen molar-refractivity contribution < 1.29 is 4.79 Å². The van der Waals surface area contributed by atoms with Crippen molar-refractivity contribution in [1.29, 1.82) is 0 Å². The summed E-state index contributed by atoms with van der Waals surface area (Å²) in [6.07, 6.45) is 3.85. The highest BCUT2D eigenvalue weighted by Gasteiger charge is 2.20. The molecule has 0 saturated carbocycles. The Hall–Kier alpha value is -1.71. The zero-order valence-corrected chi connectivity index (χ0v) is 13.0. The first-order valence-electron chi connectivity index (χ1n) is 7.34. The maximum Gasteiger partial charge on any atom is 0.246 e. The van der Waals surface area contributed by atoms with E-state index in [0.29, 0.717) is 0 Å². The number of hydrogen-bond acceptors (Lipinski definition) is 3. The molecule has 20 heavy (non-hydrogen) atoms. The molecule has 0 saturated heterocycles. The van der Waals surface area contributed by atoms with Crippen LogP contribution in [0, 0.1) is 12.8 Å². The Morgan fingerprint density at radius 2 is 1.70 bits per heavy atom. The van der Waals surface area contributed by atoms with Crippen LogP contribution in [-0.2, 0) is 4.79 Å². The Labute approximate surface area is 121 Å². The Morgan fingerprint density at radius 3 is 2.20 bits per heavy atom. The average molecular weight is 275 g/mol. The van der Waals surface area contributed by atoms with Gasteiger partial charge in [0.05, 0.1) is 5.69 Å². The molecule has 0 aromatic heterocycles. The topological polar surface area (TPSA) is 45.0 Å². The lowest BCUT2D eigenvalue weighted by molar-refractivity contribution is -0.135. The molecule has 0 unspecified atom stereocenters. The molecule has 110 valence electrons. The van der Waals surface area contributed by atoms with E-state index in [1.54, 1.807) is 7.05 Å². The van der Waals surface area contributed by atoms with Gasteiger partial charge in [-0.3, -0.25) is 4.79 Å². The quantitative estimate of drug-likeness (QED) is 0.527. The monoisotopic (exact) mass is 275 g/mol. The SMILES string of the molecule is CCCC(CCC)C(=O)N(C)N=Nc1ccc(C)cc1. The van der Waals surface area contributed by atoms with Gasteiger partial charge in [0.15, 0.2) is 0 Å². The molecular weight excluding hydrogens is 250 g/mol. The molecule has 4 heteroatoms. The van der Waals surface area contributed by atoms with Crippen molar-refractivity contribution in [2.45, 2.75) is 46.5 Å². The minimum absolute atomic E-state index is 0.0598. The van der Waals surface area contributed by atoms with Crippen molar-refractivity contribution in [1.82, 2.24) is 5.01 Å². The van der Waals surface area contributed by atoms with Crippen molar-refractivity contribution in [3.05, 3.63) is 29.8 Å². The summed E-state index contributed by atoms with van der Waals surface area (Å²) in [5, 5.41) is 9.49. The van der Waals surface area contributed by atoms with Gasteiger partial charge >= 0.3 is 0 Å². The average Bonchev–Trinajstić information content (AvgIpc) is 2.45. The Kier molecular flexibility index (Phi) is 6.91. The van der Waals surface area contributed by atoms with Crippen LogP contribution in [0.25, 0.3) is 0 Å². The number of carbonyl (C=O) groups excluding carboxylic acids is 1. The summed E-state index contributed by atoms with van der Waals surface area (Å²) in [6, 6.07) is 7.75. The third-order valence-electron chi connectivity index (χ3n) is 3.27. The number of aryl methyl sites for hydroxylation is 1. The summed E-state index contributed by atoms with van der Waals surface area (Å²) in [4.78, 5) is 12.3. The molecule has 1 rings (SSSR count). The number of amides is 1. The second-order valence-electron chi connectivity index (χ2n) is 5.16. The second kappa shape index (κ2) is 8.46. The highest BCUT2D eigenvalue weighted by molar-refractivity contribution is 5.78. The highest BCUT2D eigenvalue weighted by Crippen LogP contribution is 2.18. The summed E-state index contributed by atoms with van der Waals surface area (Å²) in [5.74, 6) is 0.122. The van der Waals surface area contributed by atoms with Crippen molar-refractivity contribution in [3.63, 3.8) is 0 Å². The van der Waals surface area contributed by atoms with Gasteiger partial charge in [0, 0.05) is 13.0 Å². The molecule has 0 heterocycles. The summed E-state index contributed by atoms with van der Waals surface area (Å²) in [7, 11) is 1.68. The van der Waals surface area contributed by atoms with E-state index in [1.165, 1.54) is 10.6 Å². The fraction of sp³-hybridized carbons (Fsp3) is 0.562. The largest absolute Gasteiger partial charge is 0.273 e. The summed E-state index contributed by atoms with van der Waals surface area (Å²) in [5.41, 5.74) is 1.94. The summed E-state index contributed by atoms with van der Waals surface area (Å²) in [6.45, 7) is 6.23. The molecule has 1 amide bonds. The van der Waals surface area contributed by atoms with Crippen LogP contribution in [0.5, 0.6) is 0 Å². The lowest BCUT2D eigenvalue weighted by Gasteiger charge is -2.18. The lowest BCUT2D eigenvalue weighted by Crippen LogP contribution is -2.28. The van der Waals surface area contributed by atoms with E-state index in [2.05, 4.69) is 24.2 Å². The molecule has 1 aromatic carbocycles. The van der Waals surface area contributed by atoms with Crippen LogP contribution in [0.15, 0.2) is 34.6 Å². The molecule has 4 nitrogen and oxygen atoms in total. The van der Waals surface area contributed by atoms with Crippen molar-refractivity contribution in [2.75, 3.05) is 7.05 Å². The number of nitrogens with zero attached hydrogens (tertiary/aromatic N) is 3. The second-order valence-corrected chi connectivity index (χ2v) is 5.16. The smallest absolute Gasteiger partial charge is 0.246 e. The maximum atomic E-state index is 12.3. The van der Waals surface area contributed by atoms with Gasteiger partial charge in [-0.05, 0) is 31.9 Å². The fourth-order valence-corrected chi connectivity index (χ4v) is 2.13. The third-order valence-corrected chi connectivity index (χ3v) is 3.27. The van der Waals surface area contributed by atoms with Gasteiger partial charge in [0.25, 0.3) is 0 Å². The molecule has 0 radical (unpaired) electrons. The van der Waals surface area contributed by atoms with E-state index in [9.17, 15) is 4.79 Å². The Balaban J connectivity index is 2.65. The molecule has 0 spiro atoms. The van der Waals surface area contributed by atoms with Gasteiger partial charge in [-0.25, -0.2) is 5.01 Å². The van der Waals surface area contributed by atoms with Crippen LogP contribution in [0.2, 0.25) is 0 Å². The summed E-state index contributed by atoms with van der Waals surface area (Å²) < 4.78 is 0. The Morgan fingerprint density at radius 1 is 1.15 bits per heavy atom. The predicted octanol–water partition coefficient (Wildman–Crippen LogP) is 4.67. The van der Waals surface area contributed by atoms with E-state index in [-0.39, 0.29) is 11.8 Å². The van der Waals surface area contributed by atoms with E-state index in [4.69, 9.17) is 0 Å². The van der Waals surface area contributed by atoms with Crippen molar-refractivity contribution in [3.8, 4) is 0 Å². The molecule has 0 aliphatic carbocycles. The van der Waals surface area contributed by atoms with Gasteiger partial charge < -0.3 is 0 Å². The van der Waals surface area contributed by atoms with E-state index in [0.717, 1.165) is 31.4 Å². The number of hydrogen-bond donors (Lipinski definition) is 0. The molecular formula is C16H25N3O. The van der Waals surface area contributed by atoms with Gasteiger partial charge in [-0.15, -0.1) is 5.11 Å². The molecule has 1 aromatic rings. The molecule has 0 aliphatic rings. The van der Waals surface area contributed by atoms with Gasteiger partial charge in [-0.2, -0.15) is 0 Å². The molecule has 0 bridgehead atoms. The number of rotatable bonds is 7. The minimum Gasteiger partial charge on any atom is -0.273 e. The minimum atomic E-state index is 0.0598. The molecule has 0 atom stereocenters. The molecule has 0 aliphatic heterocycles. The van der Waals surface area contributed by atoms with Gasteiger partial charge in [0.2, 0.25) is 5.91 Å². The van der Waals surface area contributed by atoms with E-state index >= 15 is 0 Å². The van der Waals surface area contributed by atoms with Crippen molar-refractivity contribution >= 4 is 11.6 Å². The van der Waals surface area contributed by atoms with Crippen LogP contribution in [0.3, 0.4) is 0 Å². The van der Waals surface area contributed by atoms with Crippen LogP contribution in [0.1, 0.15) is 45.1 Å². The van der Waals surface area contributed by atoms with E-state index in [1.807, 2.05) is 31.2 Å². The highest BCUT2D eigenvalue weighted by atomic mass is 16.2. The first kappa shape index (κ1) is 16.3. The van der Waals surface area contributed by atoms with E-state index < -0.39 is 0 Å². The molecule has 0 fully saturated rings. The zero-order valence-electron chi connectivity index (χ0n) is 13.0. The first-order valence-corrected chi connectivity index (χ1v) is 7.34. The number of carbonyl (C=O) groups is 1. The Bertz CT molecular complexity index is 434. The fourth-order valence-electron chi connectivity index (χ4n) is 2.13. The summed E-state index contributed by atoms with van der Waals surface area (Å²) >= 11 is 0. The van der Waals surface area contributed by atoms with Crippen molar-refractivity contribution in [2.24, 2.45) is 16.3 Å². The lowest BCUT2D eigenvalue weighted by atomic mass is 9.97. The number of benzene rings is 1. The molecule has 0 N–H and O–H groups in total. The standard InChI is InChI=1S/C16H25N3O/c1-5-7-14(8-6-2)16(20)19(4)18-17-15-11-9-13(3)10-12-15/h9-12,14H,5-8H2,1-4H3. The normalized spacial score (nSPS) is 11.2. The third kappa shape index (κ3) is 5.11. The maximum absolute atomic E-state index is 12.3. The zero-order chi connectivity index (χ0) is 15.0. The van der Waals surface area contributed by atoms with Crippen LogP contribution < -0.4 is 0 Å². The van der Waals surface area contributed by atoms with Gasteiger partial charge in [0.1, 0.15) is 0 Å². The van der Waals surface area contributed by atoms with Crippen LogP contribution >= 0.6 is 0 Å². The predicted molar refractivity (Wildman–Crippen MR) is 81.8 cm³/mol. The van der Waals surface area contributed by atoms with Gasteiger partial charge in [-0.1, -0.05) is 49.6 Å². The first-order chi connectivity index (χ1) is 9.58. The van der Waals surface area contributed by atoms with Crippen LogP contribution in [-0.4, -0.2) is 18.0 Å². The van der Waals surface area contributed by atoms with Crippen LogP contribution in [0.4, 0.5) is 5.69 Å².